The monoisotopic (exact) mass is 266 g/mol. The topological polar surface area (TPSA) is 95.9 Å². The molecule has 8 heteroatoms. The highest BCUT2D eigenvalue weighted by Crippen LogP contribution is 2.21. The third kappa shape index (κ3) is 3.83. The Morgan fingerprint density at radius 2 is 2.00 bits per heavy atom. The van der Waals surface area contributed by atoms with Crippen LogP contribution >= 0.6 is 0 Å². The van der Waals surface area contributed by atoms with E-state index in [0.29, 0.717) is 25.9 Å². The molecule has 1 saturated heterocycles. The van der Waals surface area contributed by atoms with Crippen LogP contribution in [0.25, 0.3) is 0 Å². The summed E-state index contributed by atoms with van der Waals surface area (Å²) in [5, 5.41) is 9.39. The smallest absolute Gasteiger partial charge is 0.421 e. The van der Waals surface area contributed by atoms with Gasteiger partial charge in [0.2, 0.25) is 0 Å². The van der Waals surface area contributed by atoms with Crippen LogP contribution in [0.5, 0.6) is 0 Å². The largest absolute Gasteiger partial charge is 0.452 e. The molecule has 17 heavy (non-hydrogen) atoms. The van der Waals surface area contributed by atoms with Crippen LogP contribution in [-0.2, 0) is 14.9 Å². The second-order valence-corrected chi connectivity index (χ2v) is 5.75. The molecule has 1 fully saturated rings. The lowest BCUT2D eigenvalue weighted by Gasteiger charge is -2.32. The summed E-state index contributed by atoms with van der Waals surface area (Å²) in [5.74, 6) is 0.111. The van der Waals surface area contributed by atoms with Crippen LogP contribution < -0.4 is 4.72 Å². The Bertz CT molecular complexity index is 360. The summed E-state index contributed by atoms with van der Waals surface area (Å²) in [6.07, 6.45) is -0.268. The van der Waals surface area contributed by atoms with Crippen LogP contribution in [0.15, 0.2) is 0 Å². The molecule has 0 aliphatic carbocycles. The summed E-state index contributed by atoms with van der Waals surface area (Å²) in [6, 6.07) is 0. The van der Waals surface area contributed by atoms with Crippen LogP contribution in [0.2, 0.25) is 0 Å². The summed E-state index contributed by atoms with van der Waals surface area (Å²) in [6.45, 7) is 2.28. The van der Waals surface area contributed by atoms with E-state index in [4.69, 9.17) is 0 Å². The second kappa shape index (κ2) is 5.65. The SMILES string of the molecule is COC(=O)NS(=O)(=O)N1CCC(C(C)O)CC1. The minimum absolute atomic E-state index is 0.111. The number of nitrogens with one attached hydrogen (secondary N) is 1. The average molecular weight is 266 g/mol. The van der Waals surface area contributed by atoms with E-state index in [9.17, 15) is 18.3 Å². The lowest BCUT2D eigenvalue weighted by atomic mass is 9.93. The predicted octanol–water partition coefficient (Wildman–Crippen LogP) is -0.320. The van der Waals surface area contributed by atoms with Crippen LogP contribution in [0, 0.1) is 5.92 Å². The number of methoxy groups -OCH3 is 1. The zero-order valence-electron chi connectivity index (χ0n) is 9.92. The Hall–Kier alpha value is -0.860. The van der Waals surface area contributed by atoms with Gasteiger partial charge in [0, 0.05) is 13.1 Å². The Kier molecular flexibility index (Phi) is 4.72. The summed E-state index contributed by atoms with van der Waals surface area (Å²) >= 11 is 0. The molecule has 0 spiro atoms. The van der Waals surface area contributed by atoms with Crippen molar-refractivity contribution in [3.63, 3.8) is 0 Å². The van der Waals surface area contributed by atoms with E-state index < -0.39 is 22.4 Å². The zero-order chi connectivity index (χ0) is 13.1. The Morgan fingerprint density at radius 3 is 2.41 bits per heavy atom. The van der Waals surface area contributed by atoms with E-state index in [1.807, 2.05) is 0 Å². The fourth-order valence-electron chi connectivity index (χ4n) is 1.81. The van der Waals surface area contributed by atoms with Crippen molar-refractivity contribution in [2.75, 3.05) is 20.2 Å². The van der Waals surface area contributed by atoms with Gasteiger partial charge in [-0.25, -0.2) is 9.52 Å². The van der Waals surface area contributed by atoms with Crippen molar-refractivity contribution in [2.24, 2.45) is 5.92 Å². The number of hydrogen-bond donors (Lipinski definition) is 2. The van der Waals surface area contributed by atoms with E-state index in [-0.39, 0.29) is 5.92 Å². The highest BCUT2D eigenvalue weighted by Gasteiger charge is 2.30. The Labute approximate surface area is 101 Å². The van der Waals surface area contributed by atoms with Gasteiger partial charge in [-0.3, -0.25) is 0 Å². The third-order valence-corrected chi connectivity index (χ3v) is 4.39. The standard InChI is InChI=1S/C9H18N2O5S/c1-7(12)8-3-5-11(6-4-8)17(14,15)10-9(13)16-2/h7-8,12H,3-6H2,1-2H3,(H,10,13). The Morgan fingerprint density at radius 1 is 1.47 bits per heavy atom. The minimum Gasteiger partial charge on any atom is -0.452 e. The van der Waals surface area contributed by atoms with Gasteiger partial charge in [0.25, 0.3) is 0 Å². The van der Waals surface area contributed by atoms with Crippen molar-refractivity contribution in [2.45, 2.75) is 25.9 Å². The number of nitrogens with zero attached hydrogens (tertiary/aromatic N) is 1. The number of ether oxygens (including phenoxy) is 1. The van der Waals surface area contributed by atoms with Crippen molar-refractivity contribution in [3.8, 4) is 0 Å². The van der Waals surface area contributed by atoms with Gasteiger partial charge in [0.1, 0.15) is 0 Å². The maximum atomic E-state index is 11.7. The molecule has 0 aromatic heterocycles. The molecule has 1 amide bonds. The molecule has 0 saturated carbocycles. The normalized spacial score (nSPS) is 20.9. The molecule has 0 aromatic rings. The van der Waals surface area contributed by atoms with Gasteiger partial charge in [-0.15, -0.1) is 0 Å². The van der Waals surface area contributed by atoms with Gasteiger partial charge in [0.05, 0.1) is 13.2 Å². The number of hydrogen-bond acceptors (Lipinski definition) is 5. The first-order chi connectivity index (χ1) is 7.86. The number of aliphatic hydroxyl groups excluding tert-OH is 1. The third-order valence-electron chi connectivity index (χ3n) is 2.92. The van der Waals surface area contributed by atoms with Crippen molar-refractivity contribution in [1.82, 2.24) is 9.03 Å². The number of piperidine rings is 1. The molecule has 1 aliphatic heterocycles. The summed E-state index contributed by atoms with van der Waals surface area (Å²) in [7, 11) is -2.71. The van der Waals surface area contributed by atoms with E-state index in [1.54, 1.807) is 11.6 Å². The molecular weight excluding hydrogens is 248 g/mol. The zero-order valence-corrected chi connectivity index (χ0v) is 10.7. The molecule has 0 radical (unpaired) electrons. The highest BCUT2D eigenvalue weighted by molar-refractivity contribution is 7.87. The number of rotatable bonds is 3. The quantitative estimate of drug-likeness (QED) is 0.730. The number of carbonyl (C=O) groups is 1. The van der Waals surface area contributed by atoms with Gasteiger partial charge >= 0.3 is 16.3 Å². The van der Waals surface area contributed by atoms with Gasteiger partial charge in [-0.1, -0.05) is 0 Å². The second-order valence-electron chi connectivity index (χ2n) is 4.08. The van der Waals surface area contributed by atoms with Crippen molar-refractivity contribution in [3.05, 3.63) is 0 Å². The Balaban J connectivity index is 2.56. The van der Waals surface area contributed by atoms with Gasteiger partial charge in [0.15, 0.2) is 0 Å². The molecule has 100 valence electrons. The van der Waals surface area contributed by atoms with E-state index in [0.717, 1.165) is 7.11 Å². The van der Waals surface area contributed by atoms with Gasteiger partial charge < -0.3 is 9.84 Å². The van der Waals surface area contributed by atoms with Crippen molar-refractivity contribution < 1.29 is 23.1 Å². The van der Waals surface area contributed by atoms with Gasteiger partial charge in [-0.2, -0.15) is 12.7 Å². The molecule has 1 unspecified atom stereocenters. The molecule has 1 atom stereocenters. The van der Waals surface area contributed by atoms with Crippen LogP contribution in [0.1, 0.15) is 19.8 Å². The minimum atomic E-state index is -3.82. The van der Waals surface area contributed by atoms with Crippen molar-refractivity contribution in [1.29, 1.82) is 0 Å². The lowest BCUT2D eigenvalue weighted by Crippen LogP contribution is -2.47. The highest BCUT2D eigenvalue weighted by atomic mass is 32.2. The van der Waals surface area contributed by atoms with E-state index >= 15 is 0 Å². The molecule has 1 rings (SSSR count). The molecular formula is C9H18N2O5S. The average Bonchev–Trinajstić information content (AvgIpc) is 2.28. The molecule has 7 nitrogen and oxygen atoms in total. The van der Waals surface area contributed by atoms with Gasteiger partial charge in [-0.05, 0) is 25.7 Å². The number of aliphatic hydroxyl groups is 1. The first-order valence-corrected chi connectivity index (χ1v) is 6.84. The van der Waals surface area contributed by atoms with Crippen molar-refractivity contribution >= 4 is 16.3 Å². The first kappa shape index (κ1) is 14.2. The predicted molar refractivity (Wildman–Crippen MR) is 60.4 cm³/mol. The summed E-state index contributed by atoms with van der Waals surface area (Å²) in [5.41, 5.74) is 0. The summed E-state index contributed by atoms with van der Waals surface area (Å²) in [4.78, 5) is 10.9. The summed E-state index contributed by atoms with van der Waals surface area (Å²) < 4.78 is 30.6. The van der Waals surface area contributed by atoms with Crippen LogP contribution in [-0.4, -0.2) is 50.2 Å². The molecule has 1 aliphatic rings. The van der Waals surface area contributed by atoms with Crippen LogP contribution in [0.3, 0.4) is 0 Å². The van der Waals surface area contributed by atoms with E-state index in [1.165, 1.54) is 4.31 Å². The first-order valence-electron chi connectivity index (χ1n) is 5.40. The molecule has 0 bridgehead atoms. The fourth-order valence-corrected chi connectivity index (χ4v) is 2.92. The van der Waals surface area contributed by atoms with Crippen LogP contribution in [0.4, 0.5) is 4.79 Å². The molecule has 0 aromatic carbocycles. The maximum absolute atomic E-state index is 11.7. The molecule has 2 N–H and O–H groups in total. The van der Waals surface area contributed by atoms with E-state index in [2.05, 4.69) is 4.74 Å². The molecule has 1 heterocycles. The number of carbonyl (C=O) groups excluding carboxylic acids is 1. The number of amides is 1. The maximum Gasteiger partial charge on any atom is 0.421 e. The lowest BCUT2D eigenvalue weighted by molar-refractivity contribution is 0.0908. The fraction of sp³-hybridized carbons (Fsp3) is 0.889.